The van der Waals surface area contributed by atoms with Crippen LogP contribution in [0, 0.1) is 12.3 Å². The molecule has 4 rings (SSSR count). The highest BCUT2D eigenvalue weighted by molar-refractivity contribution is 5.89. The van der Waals surface area contributed by atoms with Gasteiger partial charge in [-0.3, -0.25) is 14.3 Å². The number of aryl methyl sites for hydroxylation is 1. The number of carbonyl (C=O) groups is 2. The molecule has 1 saturated heterocycles. The van der Waals surface area contributed by atoms with Gasteiger partial charge in [0, 0.05) is 68.6 Å². The molecule has 218 valence electrons. The lowest BCUT2D eigenvalue weighted by atomic mass is 10.1. The highest BCUT2D eigenvalue weighted by atomic mass is 19.4. The molecule has 0 unspecified atom stereocenters. The second-order valence-electron chi connectivity index (χ2n) is 9.81. The number of para-hydroxylation sites is 2. The smallest absolute Gasteiger partial charge is 0.422 e. The molecule has 11 nitrogen and oxygen atoms in total. The number of benzene rings is 1. The van der Waals surface area contributed by atoms with Crippen molar-refractivity contribution in [3.05, 3.63) is 69.0 Å². The van der Waals surface area contributed by atoms with Gasteiger partial charge in [-0.2, -0.15) is 13.2 Å². The van der Waals surface area contributed by atoms with Crippen LogP contribution in [0.15, 0.2) is 52.2 Å². The van der Waals surface area contributed by atoms with E-state index >= 15 is 0 Å². The zero-order chi connectivity index (χ0) is 29.5. The van der Waals surface area contributed by atoms with Gasteiger partial charge in [0.25, 0.3) is 5.56 Å². The first-order chi connectivity index (χ1) is 18.8. The molecule has 40 heavy (non-hydrogen) atoms. The summed E-state index contributed by atoms with van der Waals surface area (Å²) in [6, 6.07) is 6.79. The van der Waals surface area contributed by atoms with Crippen molar-refractivity contribution in [3.63, 3.8) is 0 Å². The number of nitrogens with one attached hydrogen (secondary N) is 1. The van der Waals surface area contributed by atoms with Crippen LogP contribution in [0.4, 0.5) is 18.9 Å². The summed E-state index contributed by atoms with van der Waals surface area (Å²) in [5.74, 6) is -2.28. The van der Waals surface area contributed by atoms with Gasteiger partial charge in [0.15, 0.2) is 6.61 Å². The number of H-pyrrole nitrogens is 1. The Morgan fingerprint density at radius 3 is 2.17 bits per heavy atom. The van der Waals surface area contributed by atoms with Crippen molar-refractivity contribution in [1.29, 1.82) is 0 Å². The highest BCUT2D eigenvalue weighted by Crippen LogP contribution is 2.47. The molecular formula is C26H31F3N4O7. The third-order valence-corrected chi connectivity index (χ3v) is 6.59. The SMILES string of the molecule is Cc1c[nH]c(=O)n(CC2(CN3CCN(c4ccccc4OCC(F)(F)F)CC3)CC2)c1=O.O=C(O)C=CC(=O)O. The van der Waals surface area contributed by atoms with Gasteiger partial charge in [-0.05, 0) is 31.9 Å². The number of hydrogen-bond donors (Lipinski definition) is 3. The summed E-state index contributed by atoms with van der Waals surface area (Å²) in [7, 11) is 0. The summed E-state index contributed by atoms with van der Waals surface area (Å²) in [6.07, 6.45) is 0.0918. The summed E-state index contributed by atoms with van der Waals surface area (Å²) in [6.45, 7) is 4.36. The first kappa shape index (κ1) is 30.5. The topological polar surface area (TPSA) is 145 Å². The molecule has 2 aromatic rings. The Hall–Kier alpha value is -4.07. The lowest BCUT2D eigenvalue weighted by Gasteiger charge is -2.38. The highest BCUT2D eigenvalue weighted by Gasteiger charge is 2.45. The average Bonchev–Trinajstić information content (AvgIpc) is 3.66. The zero-order valence-electron chi connectivity index (χ0n) is 21.8. The number of aromatic amines is 1. The minimum Gasteiger partial charge on any atom is -0.482 e. The van der Waals surface area contributed by atoms with E-state index in [1.54, 1.807) is 31.2 Å². The number of hydrogen-bond acceptors (Lipinski definition) is 7. The van der Waals surface area contributed by atoms with Crippen molar-refractivity contribution in [2.75, 3.05) is 44.2 Å². The van der Waals surface area contributed by atoms with E-state index < -0.39 is 24.7 Å². The van der Waals surface area contributed by atoms with Gasteiger partial charge in [0.2, 0.25) is 0 Å². The molecule has 2 heterocycles. The maximum absolute atomic E-state index is 12.6. The molecule has 1 saturated carbocycles. The second-order valence-corrected chi connectivity index (χ2v) is 9.81. The van der Waals surface area contributed by atoms with Crippen molar-refractivity contribution in [1.82, 2.24) is 14.5 Å². The van der Waals surface area contributed by atoms with Gasteiger partial charge in [-0.25, -0.2) is 14.4 Å². The van der Waals surface area contributed by atoms with Crippen LogP contribution in [0.5, 0.6) is 5.75 Å². The molecule has 3 N–H and O–H groups in total. The molecule has 0 spiro atoms. The summed E-state index contributed by atoms with van der Waals surface area (Å²) in [4.78, 5) is 50.6. The molecule has 0 bridgehead atoms. The van der Waals surface area contributed by atoms with Crippen LogP contribution in [0.3, 0.4) is 0 Å². The predicted octanol–water partition coefficient (Wildman–Crippen LogP) is 2.10. The fraction of sp³-hybridized carbons (Fsp3) is 0.462. The predicted molar refractivity (Wildman–Crippen MR) is 139 cm³/mol. The van der Waals surface area contributed by atoms with Gasteiger partial charge in [0.05, 0.1) is 5.69 Å². The van der Waals surface area contributed by atoms with Gasteiger partial charge < -0.3 is 24.8 Å². The summed E-state index contributed by atoms with van der Waals surface area (Å²) in [5, 5.41) is 15.6. The van der Waals surface area contributed by atoms with E-state index in [1.807, 2.05) is 4.90 Å². The Bertz CT molecular complexity index is 1320. The van der Waals surface area contributed by atoms with E-state index in [9.17, 15) is 32.3 Å². The third-order valence-electron chi connectivity index (χ3n) is 6.59. The van der Waals surface area contributed by atoms with Gasteiger partial charge in [-0.15, -0.1) is 0 Å². The Morgan fingerprint density at radius 2 is 1.62 bits per heavy atom. The average molecular weight is 569 g/mol. The van der Waals surface area contributed by atoms with E-state index in [2.05, 4.69) is 9.88 Å². The molecule has 1 aromatic heterocycles. The van der Waals surface area contributed by atoms with E-state index in [0.29, 0.717) is 43.0 Å². The van der Waals surface area contributed by atoms with E-state index in [-0.39, 0.29) is 22.4 Å². The fourth-order valence-corrected chi connectivity index (χ4v) is 4.40. The van der Waals surface area contributed by atoms with Gasteiger partial charge in [-0.1, -0.05) is 12.1 Å². The summed E-state index contributed by atoms with van der Waals surface area (Å²) in [5.41, 5.74) is 0.462. The van der Waals surface area contributed by atoms with Crippen LogP contribution in [0.2, 0.25) is 0 Å². The number of rotatable bonds is 9. The largest absolute Gasteiger partial charge is 0.482 e. The quantitative estimate of drug-likeness (QED) is 0.387. The van der Waals surface area contributed by atoms with Crippen LogP contribution in [-0.2, 0) is 16.1 Å². The number of halogens is 3. The molecule has 1 aliphatic heterocycles. The van der Waals surface area contributed by atoms with Crippen LogP contribution in [0.1, 0.15) is 18.4 Å². The van der Waals surface area contributed by atoms with Crippen molar-refractivity contribution in [2.45, 2.75) is 32.5 Å². The molecule has 14 heteroatoms. The Morgan fingerprint density at radius 1 is 1.02 bits per heavy atom. The Kier molecular flexibility index (Phi) is 9.79. The zero-order valence-corrected chi connectivity index (χ0v) is 21.8. The second kappa shape index (κ2) is 12.9. The number of piperazine rings is 1. The molecule has 1 aliphatic carbocycles. The van der Waals surface area contributed by atoms with Crippen molar-refractivity contribution in [2.24, 2.45) is 5.41 Å². The Balaban J connectivity index is 0.000000482. The van der Waals surface area contributed by atoms with E-state index in [1.165, 1.54) is 10.8 Å². The number of alkyl halides is 3. The lowest BCUT2D eigenvalue weighted by molar-refractivity contribution is -0.153. The van der Waals surface area contributed by atoms with Crippen LogP contribution < -0.4 is 20.9 Å². The monoisotopic (exact) mass is 568 g/mol. The maximum Gasteiger partial charge on any atom is 0.422 e. The molecule has 0 radical (unpaired) electrons. The molecule has 2 fully saturated rings. The number of ether oxygens (including phenoxy) is 1. The minimum absolute atomic E-state index is 0.0828. The van der Waals surface area contributed by atoms with Crippen molar-refractivity contribution < 1.29 is 37.7 Å². The first-order valence-electron chi connectivity index (χ1n) is 12.5. The number of aliphatic carboxylic acids is 2. The van der Waals surface area contributed by atoms with Crippen LogP contribution >= 0.6 is 0 Å². The minimum atomic E-state index is -4.38. The van der Waals surface area contributed by atoms with Crippen molar-refractivity contribution >= 4 is 17.6 Å². The standard InChI is InChI=1S/C22H27F3N4O3.C4H4O4/c1-16-12-26-20(31)29(19(16)30)14-21(6-7-21)13-27-8-10-28(11-9-27)17-4-2-3-5-18(17)32-15-22(23,24)25;5-3(6)1-2-4(7)8/h2-5,12H,6-11,13-15H2,1H3,(H,26,31);1-2H,(H,5,6)(H,7,8). The Labute approximate surface area is 227 Å². The molecule has 0 atom stereocenters. The number of anilines is 1. The fourth-order valence-electron chi connectivity index (χ4n) is 4.40. The van der Waals surface area contributed by atoms with Gasteiger partial charge in [0.1, 0.15) is 5.75 Å². The number of aromatic nitrogens is 2. The molecule has 0 amide bonds. The van der Waals surface area contributed by atoms with Crippen LogP contribution in [0.25, 0.3) is 0 Å². The lowest BCUT2D eigenvalue weighted by Crippen LogP contribution is -2.49. The van der Waals surface area contributed by atoms with E-state index in [4.69, 9.17) is 14.9 Å². The number of carboxylic acids is 2. The third kappa shape index (κ3) is 9.00. The van der Waals surface area contributed by atoms with E-state index in [0.717, 1.165) is 32.5 Å². The number of carboxylic acid groups (broad SMARTS) is 2. The maximum atomic E-state index is 12.6. The summed E-state index contributed by atoms with van der Waals surface area (Å²) >= 11 is 0. The first-order valence-corrected chi connectivity index (χ1v) is 12.5. The number of nitrogens with zero attached hydrogens (tertiary/aromatic N) is 3. The van der Waals surface area contributed by atoms with Crippen molar-refractivity contribution in [3.8, 4) is 5.75 Å². The molecule has 2 aliphatic rings. The molecule has 1 aromatic carbocycles. The molecular weight excluding hydrogens is 537 g/mol. The summed E-state index contributed by atoms with van der Waals surface area (Å²) < 4.78 is 44.0. The normalized spacial score (nSPS) is 16.8. The van der Waals surface area contributed by atoms with Gasteiger partial charge >= 0.3 is 23.8 Å². The van der Waals surface area contributed by atoms with Crippen LogP contribution in [-0.4, -0.2) is 82.1 Å².